The largest absolute Gasteiger partial charge is 0.455 e. The molecular weight excluding hydrogens is 390 g/mol. The van der Waals surface area contributed by atoms with Crippen molar-refractivity contribution >= 4 is 50.7 Å². The molecule has 8 heteroatoms. The van der Waals surface area contributed by atoms with E-state index in [9.17, 15) is 14.4 Å². The smallest absolute Gasteiger partial charge is 0.312 e. The van der Waals surface area contributed by atoms with Crippen molar-refractivity contribution in [3.63, 3.8) is 0 Å². The first-order valence-corrected chi connectivity index (χ1v) is 10.2. The molecule has 2 heterocycles. The van der Waals surface area contributed by atoms with Gasteiger partial charge in [0.1, 0.15) is 0 Å². The fourth-order valence-electron chi connectivity index (χ4n) is 3.16. The van der Waals surface area contributed by atoms with Gasteiger partial charge in [0.05, 0.1) is 12.1 Å². The van der Waals surface area contributed by atoms with E-state index in [1.807, 2.05) is 36.4 Å². The lowest BCUT2D eigenvalue weighted by Crippen LogP contribution is -2.23. The van der Waals surface area contributed by atoms with Crippen LogP contribution in [0.15, 0.2) is 47.8 Å². The predicted octanol–water partition coefficient (Wildman–Crippen LogP) is 3.15. The molecule has 1 fully saturated rings. The molecule has 7 nitrogen and oxygen atoms in total. The van der Waals surface area contributed by atoms with Crippen molar-refractivity contribution < 1.29 is 19.1 Å². The molecule has 1 saturated heterocycles. The van der Waals surface area contributed by atoms with Gasteiger partial charge in [-0.1, -0.05) is 30.3 Å². The normalized spacial score (nSPS) is 13.7. The monoisotopic (exact) mass is 409 g/mol. The zero-order chi connectivity index (χ0) is 20.2. The topological polar surface area (TPSA) is 88.6 Å². The second-order valence-corrected chi connectivity index (χ2v) is 7.55. The third kappa shape index (κ3) is 4.60. The Morgan fingerprint density at radius 2 is 2.00 bits per heavy atom. The number of benzene rings is 2. The molecule has 148 valence electrons. The van der Waals surface area contributed by atoms with Crippen LogP contribution in [-0.2, 0) is 25.5 Å². The summed E-state index contributed by atoms with van der Waals surface area (Å²) in [4.78, 5) is 41.8. The maximum atomic E-state index is 12.1. The molecule has 1 N–H and O–H groups in total. The number of hydrogen-bond acceptors (Lipinski definition) is 6. The highest BCUT2D eigenvalue weighted by atomic mass is 32.1. The standard InChI is InChI=1S/C21H19N3O4S/c25-18(22-16-8-7-14-4-1-2-5-15(14)10-16)12-28-20(27)11-17-13-29-21(23-17)24-9-3-6-19(24)26/h1-2,4-5,7-8,10,13H,3,6,9,11-12H2,(H,22,25). The number of carbonyl (C=O) groups is 3. The van der Waals surface area contributed by atoms with Gasteiger partial charge in [-0.25, -0.2) is 4.98 Å². The molecule has 29 heavy (non-hydrogen) atoms. The number of hydrogen-bond donors (Lipinski definition) is 1. The van der Waals surface area contributed by atoms with E-state index in [0.717, 1.165) is 17.2 Å². The third-order valence-corrected chi connectivity index (χ3v) is 5.48. The summed E-state index contributed by atoms with van der Waals surface area (Å²) in [7, 11) is 0. The van der Waals surface area contributed by atoms with Gasteiger partial charge in [-0.3, -0.25) is 19.3 Å². The lowest BCUT2D eigenvalue weighted by molar-refractivity contribution is -0.146. The molecule has 4 rings (SSSR count). The Hall–Kier alpha value is -3.26. The minimum Gasteiger partial charge on any atom is -0.455 e. The molecule has 0 saturated carbocycles. The van der Waals surface area contributed by atoms with E-state index in [-0.39, 0.29) is 18.9 Å². The minimum absolute atomic E-state index is 0.0399. The highest BCUT2D eigenvalue weighted by Crippen LogP contribution is 2.25. The number of amides is 2. The van der Waals surface area contributed by atoms with Crippen LogP contribution in [0.2, 0.25) is 0 Å². The summed E-state index contributed by atoms with van der Waals surface area (Å²) in [6.07, 6.45) is 1.31. The van der Waals surface area contributed by atoms with Gasteiger partial charge in [-0.2, -0.15) is 0 Å². The number of fused-ring (bicyclic) bond motifs is 1. The number of carbonyl (C=O) groups excluding carboxylic acids is 3. The maximum Gasteiger partial charge on any atom is 0.312 e. The number of anilines is 2. The van der Waals surface area contributed by atoms with Gasteiger partial charge in [0.25, 0.3) is 5.91 Å². The van der Waals surface area contributed by atoms with E-state index in [4.69, 9.17) is 4.74 Å². The summed E-state index contributed by atoms with van der Waals surface area (Å²) < 4.78 is 5.06. The van der Waals surface area contributed by atoms with Gasteiger partial charge in [0, 0.05) is 24.0 Å². The first-order valence-electron chi connectivity index (χ1n) is 9.27. The summed E-state index contributed by atoms with van der Waals surface area (Å²) in [6.45, 7) is 0.290. The molecular formula is C21H19N3O4S. The van der Waals surface area contributed by atoms with E-state index in [1.54, 1.807) is 16.3 Å². The van der Waals surface area contributed by atoms with Crippen molar-refractivity contribution in [2.24, 2.45) is 0 Å². The fourth-order valence-corrected chi connectivity index (χ4v) is 4.03. The highest BCUT2D eigenvalue weighted by molar-refractivity contribution is 7.14. The van der Waals surface area contributed by atoms with Crippen molar-refractivity contribution in [1.82, 2.24) is 4.98 Å². The van der Waals surface area contributed by atoms with Crippen LogP contribution in [0.5, 0.6) is 0 Å². The number of rotatable bonds is 6. The Bertz CT molecular complexity index is 1080. The quantitative estimate of drug-likeness (QED) is 0.632. The van der Waals surface area contributed by atoms with Crippen molar-refractivity contribution in [3.8, 4) is 0 Å². The number of aromatic nitrogens is 1. The molecule has 0 spiro atoms. The van der Waals surface area contributed by atoms with Crippen molar-refractivity contribution in [2.75, 3.05) is 23.4 Å². The fraction of sp³-hybridized carbons (Fsp3) is 0.238. The van der Waals surface area contributed by atoms with Crippen LogP contribution in [0, 0.1) is 0 Å². The minimum atomic E-state index is -0.539. The van der Waals surface area contributed by atoms with Crippen molar-refractivity contribution in [1.29, 1.82) is 0 Å². The second-order valence-electron chi connectivity index (χ2n) is 6.72. The predicted molar refractivity (Wildman–Crippen MR) is 111 cm³/mol. The molecule has 0 unspecified atom stereocenters. The summed E-state index contributed by atoms with van der Waals surface area (Å²) in [5, 5.41) is 7.15. The zero-order valence-corrected chi connectivity index (χ0v) is 16.4. The Morgan fingerprint density at radius 1 is 1.17 bits per heavy atom. The van der Waals surface area contributed by atoms with Crippen LogP contribution in [0.4, 0.5) is 10.8 Å². The Labute approximate surface area is 171 Å². The first kappa shape index (κ1) is 19.1. The highest BCUT2D eigenvalue weighted by Gasteiger charge is 2.24. The summed E-state index contributed by atoms with van der Waals surface area (Å²) in [6, 6.07) is 13.4. The summed E-state index contributed by atoms with van der Waals surface area (Å²) in [5.74, 6) is -0.891. The number of nitrogens with one attached hydrogen (secondary N) is 1. The lowest BCUT2D eigenvalue weighted by atomic mass is 10.1. The van der Waals surface area contributed by atoms with Crippen LogP contribution in [0.3, 0.4) is 0 Å². The Balaban J connectivity index is 1.27. The summed E-state index contributed by atoms with van der Waals surface area (Å²) in [5.41, 5.74) is 1.17. The number of ether oxygens (including phenoxy) is 1. The van der Waals surface area contributed by atoms with Gasteiger partial charge in [-0.15, -0.1) is 11.3 Å². The van der Waals surface area contributed by atoms with E-state index < -0.39 is 11.9 Å². The van der Waals surface area contributed by atoms with Crippen molar-refractivity contribution in [2.45, 2.75) is 19.3 Å². The van der Waals surface area contributed by atoms with Crippen LogP contribution in [0.1, 0.15) is 18.5 Å². The average Bonchev–Trinajstić information content (AvgIpc) is 3.35. The molecule has 1 aliphatic heterocycles. The zero-order valence-electron chi connectivity index (χ0n) is 15.6. The van der Waals surface area contributed by atoms with Crippen LogP contribution >= 0.6 is 11.3 Å². The maximum absolute atomic E-state index is 12.1. The van der Waals surface area contributed by atoms with E-state index in [1.165, 1.54) is 11.3 Å². The Morgan fingerprint density at radius 3 is 2.79 bits per heavy atom. The molecule has 3 aromatic rings. The molecule has 2 amide bonds. The lowest BCUT2D eigenvalue weighted by Gasteiger charge is -2.10. The average molecular weight is 409 g/mol. The van der Waals surface area contributed by atoms with Gasteiger partial charge in [-0.05, 0) is 29.3 Å². The van der Waals surface area contributed by atoms with E-state index >= 15 is 0 Å². The van der Waals surface area contributed by atoms with Gasteiger partial charge >= 0.3 is 5.97 Å². The Kier molecular flexibility index (Phi) is 5.53. The van der Waals surface area contributed by atoms with E-state index in [2.05, 4.69) is 10.3 Å². The van der Waals surface area contributed by atoms with Crippen LogP contribution in [-0.4, -0.2) is 35.9 Å². The van der Waals surface area contributed by atoms with Gasteiger partial charge in [0.15, 0.2) is 11.7 Å². The summed E-state index contributed by atoms with van der Waals surface area (Å²) >= 11 is 1.33. The van der Waals surface area contributed by atoms with E-state index in [0.29, 0.717) is 29.5 Å². The third-order valence-electron chi connectivity index (χ3n) is 4.57. The molecule has 0 aliphatic carbocycles. The number of thiazole rings is 1. The number of nitrogens with zero attached hydrogens (tertiary/aromatic N) is 2. The molecule has 2 aromatic carbocycles. The van der Waals surface area contributed by atoms with Gasteiger partial charge in [0.2, 0.25) is 5.91 Å². The van der Waals surface area contributed by atoms with Crippen LogP contribution in [0.25, 0.3) is 10.8 Å². The molecule has 0 radical (unpaired) electrons. The number of esters is 1. The molecule has 0 bridgehead atoms. The van der Waals surface area contributed by atoms with Gasteiger partial charge < -0.3 is 10.1 Å². The SMILES string of the molecule is O=C(COC(=O)Cc1csc(N2CCCC2=O)n1)Nc1ccc2ccccc2c1. The molecule has 1 aliphatic rings. The molecule has 1 aromatic heterocycles. The van der Waals surface area contributed by atoms with Crippen LogP contribution < -0.4 is 10.2 Å². The first-order chi connectivity index (χ1) is 14.1. The molecule has 0 atom stereocenters. The second kappa shape index (κ2) is 8.40. The van der Waals surface area contributed by atoms with Crippen molar-refractivity contribution in [3.05, 3.63) is 53.5 Å².